The average Bonchev–Trinajstić information content (AvgIpc) is 2.98. The van der Waals surface area contributed by atoms with Gasteiger partial charge in [-0.05, 0) is 49.3 Å². The second kappa shape index (κ2) is 6.96. The Kier molecular flexibility index (Phi) is 4.90. The van der Waals surface area contributed by atoms with Crippen LogP contribution >= 0.6 is 0 Å². The van der Waals surface area contributed by atoms with Gasteiger partial charge in [0, 0.05) is 12.4 Å². The predicted octanol–water partition coefficient (Wildman–Crippen LogP) is 2.62. The van der Waals surface area contributed by atoms with E-state index in [4.69, 9.17) is 5.73 Å². The van der Waals surface area contributed by atoms with E-state index < -0.39 is 11.4 Å². The average molecular weight is 342 g/mol. The summed E-state index contributed by atoms with van der Waals surface area (Å²) in [5, 5.41) is 10.00. The first-order valence-electron chi connectivity index (χ1n) is 8.95. The molecule has 3 N–H and O–H groups in total. The van der Waals surface area contributed by atoms with E-state index in [-0.39, 0.29) is 11.8 Å². The molecule has 4 atom stereocenters. The molecule has 0 aromatic carbocycles. The highest BCUT2D eigenvalue weighted by Gasteiger charge is 2.69. The molecule has 1 aliphatic rings. The van der Waals surface area contributed by atoms with Crippen molar-refractivity contribution in [1.82, 2.24) is 14.5 Å². The van der Waals surface area contributed by atoms with Crippen LogP contribution in [0.1, 0.15) is 38.8 Å². The zero-order valence-corrected chi connectivity index (χ0v) is 14.8. The number of carboxylic acids is 1. The van der Waals surface area contributed by atoms with Crippen molar-refractivity contribution in [3.05, 3.63) is 42.6 Å². The monoisotopic (exact) mass is 342 g/mol. The maximum atomic E-state index is 12.2. The standard InChI is InChI=1S/C19H26N4O2/c1-3-6-14(10-20)9-15-13(2)19(15,18(24)25)16-11-23(12-22-16)17-7-4-5-8-21-17/h4-5,7-8,11-15H,3,6,9-10,20H2,1-2H3,(H,24,25)/t13-,14+,15?,19?/m0/s1. The van der Waals surface area contributed by atoms with Gasteiger partial charge in [0.25, 0.3) is 0 Å². The lowest BCUT2D eigenvalue weighted by molar-refractivity contribution is -0.141. The van der Waals surface area contributed by atoms with E-state index in [0.717, 1.165) is 25.1 Å². The van der Waals surface area contributed by atoms with Gasteiger partial charge in [0.1, 0.15) is 17.6 Å². The number of nitrogens with two attached hydrogens (primary N) is 1. The molecular formula is C19H26N4O2. The second-order valence-electron chi connectivity index (χ2n) is 7.05. The lowest BCUT2D eigenvalue weighted by Crippen LogP contribution is -2.26. The molecule has 0 amide bonds. The van der Waals surface area contributed by atoms with Crippen LogP contribution in [-0.4, -0.2) is 32.2 Å². The van der Waals surface area contributed by atoms with Gasteiger partial charge in [-0.2, -0.15) is 0 Å². The van der Waals surface area contributed by atoms with Gasteiger partial charge >= 0.3 is 5.97 Å². The molecule has 0 radical (unpaired) electrons. The molecule has 6 nitrogen and oxygen atoms in total. The third-order valence-corrected chi connectivity index (χ3v) is 5.69. The summed E-state index contributed by atoms with van der Waals surface area (Å²) in [7, 11) is 0. The molecule has 2 unspecified atom stereocenters. The summed E-state index contributed by atoms with van der Waals surface area (Å²) in [4.78, 5) is 20.9. The molecule has 2 heterocycles. The van der Waals surface area contributed by atoms with Crippen molar-refractivity contribution in [2.75, 3.05) is 6.54 Å². The van der Waals surface area contributed by atoms with Gasteiger partial charge in [0.2, 0.25) is 0 Å². The second-order valence-corrected chi connectivity index (χ2v) is 7.05. The Morgan fingerprint density at radius 1 is 1.44 bits per heavy atom. The SMILES string of the molecule is CCC[C@@H](CN)CC1[C@H](C)C1(C(=O)O)c1cn(-c2ccccn2)cn1. The van der Waals surface area contributed by atoms with Crippen molar-refractivity contribution in [1.29, 1.82) is 0 Å². The van der Waals surface area contributed by atoms with Gasteiger partial charge in [-0.15, -0.1) is 0 Å². The van der Waals surface area contributed by atoms with Gasteiger partial charge in [-0.3, -0.25) is 9.36 Å². The van der Waals surface area contributed by atoms with Gasteiger partial charge in [-0.1, -0.05) is 26.3 Å². The number of aromatic nitrogens is 3. The van der Waals surface area contributed by atoms with Crippen LogP contribution in [0.3, 0.4) is 0 Å². The summed E-state index contributed by atoms with van der Waals surface area (Å²) in [6.45, 7) is 4.76. The quantitative estimate of drug-likeness (QED) is 0.769. The molecule has 2 aromatic rings. The highest BCUT2D eigenvalue weighted by atomic mass is 16.4. The molecule has 2 aromatic heterocycles. The number of hydrogen-bond donors (Lipinski definition) is 2. The van der Waals surface area contributed by atoms with Crippen molar-refractivity contribution in [2.45, 2.75) is 38.5 Å². The van der Waals surface area contributed by atoms with Crippen LogP contribution in [0.2, 0.25) is 0 Å². The summed E-state index contributed by atoms with van der Waals surface area (Å²) in [6.07, 6.45) is 8.12. The van der Waals surface area contributed by atoms with E-state index in [0.29, 0.717) is 18.2 Å². The van der Waals surface area contributed by atoms with Crippen LogP contribution in [0.4, 0.5) is 0 Å². The van der Waals surface area contributed by atoms with Crippen molar-refractivity contribution >= 4 is 5.97 Å². The molecule has 0 aliphatic heterocycles. The normalized spacial score (nSPS) is 26.4. The van der Waals surface area contributed by atoms with Gasteiger partial charge in [-0.25, -0.2) is 9.97 Å². The van der Waals surface area contributed by atoms with Gasteiger partial charge in [0.05, 0.1) is 5.69 Å². The zero-order chi connectivity index (χ0) is 18.0. The van der Waals surface area contributed by atoms with Gasteiger partial charge < -0.3 is 10.8 Å². The fourth-order valence-corrected chi connectivity index (χ4v) is 4.19. The molecule has 1 fully saturated rings. The number of hydrogen-bond acceptors (Lipinski definition) is 4. The molecule has 1 aliphatic carbocycles. The molecular weight excluding hydrogens is 316 g/mol. The van der Waals surface area contributed by atoms with E-state index >= 15 is 0 Å². The third-order valence-electron chi connectivity index (χ3n) is 5.69. The number of nitrogens with zero attached hydrogens (tertiary/aromatic N) is 3. The lowest BCUT2D eigenvalue weighted by Gasteiger charge is -2.15. The van der Waals surface area contributed by atoms with E-state index in [2.05, 4.69) is 16.9 Å². The minimum Gasteiger partial charge on any atom is -0.481 e. The molecule has 0 saturated heterocycles. The van der Waals surface area contributed by atoms with Crippen molar-refractivity contribution in [2.24, 2.45) is 23.5 Å². The van der Waals surface area contributed by atoms with Crippen molar-refractivity contribution < 1.29 is 9.90 Å². The number of aliphatic carboxylic acids is 1. The number of carbonyl (C=O) groups is 1. The summed E-state index contributed by atoms with van der Waals surface area (Å²) in [6, 6.07) is 5.62. The van der Waals surface area contributed by atoms with Crippen LogP contribution in [-0.2, 0) is 10.2 Å². The largest absolute Gasteiger partial charge is 0.481 e. The number of imidazole rings is 1. The first-order chi connectivity index (χ1) is 12.1. The predicted molar refractivity (Wildman–Crippen MR) is 95.4 cm³/mol. The Morgan fingerprint density at radius 2 is 2.24 bits per heavy atom. The fraction of sp³-hybridized carbons (Fsp3) is 0.526. The Labute approximate surface area is 148 Å². The van der Waals surface area contributed by atoms with Crippen LogP contribution in [0, 0.1) is 17.8 Å². The summed E-state index contributed by atoms with van der Waals surface area (Å²) < 4.78 is 1.79. The molecule has 134 valence electrons. The Hall–Kier alpha value is -2.21. The van der Waals surface area contributed by atoms with Crippen molar-refractivity contribution in [3.63, 3.8) is 0 Å². The number of pyridine rings is 1. The van der Waals surface area contributed by atoms with Crippen LogP contribution < -0.4 is 5.73 Å². The highest BCUT2D eigenvalue weighted by molar-refractivity contribution is 5.86. The van der Waals surface area contributed by atoms with Crippen molar-refractivity contribution in [3.8, 4) is 5.82 Å². The van der Waals surface area contributed by atoms with E-state index in [1.165, 1.54) is 0 Å². The van der Waals surface area contributed by atoms with E-state index in [9.17, 15) is 9.90 Å². The molecule has 0 bridgehead atoms. The maximum Gasteiger partial charge on any atom is 0.316 e. The smallest absolute Gasteiger partial charge is 0.316 e. The topological polar surface area (TPSA) is 94.0 Å². The molecule has 1 saturated carbocycles. The lowest BCUT2D eigenvalue weighted by atomic mass is 9.91. The van der Waals surface area contributed by atoms with E-state index in [1.807, 2.05) is 31.3 Å². The van der Waals surface area contributed by atoms with Crippen LogP contribution in [0.5, 0.6) is 0 Å². The Balaban J connectivity index is 1.87. The first kappa shape index (κ1) is 17.6. The molecule has 0 spiro atoms. The zero-order valence-electron chi connectivity index (χ0n) is 14.8. The van der Waals surface area contributed by atoms with Crippen LogP contribution in [0.25, 0.3) is 5.82 Å². The number of rotatable bonds is 8. The molecule has 6 heteroatoms. The fourth-order valence-electron chi connectivity index (χ4n) is 4.19. The summed E-state index contributed by atoms with van der Waals surface area (Å²) in [5.41, 5.74) is 5.61. The summed E-state index contributed by atoms with van der Waals surface area (Å²) >= 11 is 0. The van der Waals surface area contributed by atoms with Gasteiger partial charge in [0.15, 0.2) is 0 Å². The Morgan fingerprint density at radius 3 is 2.84 bits per heavy atom. The Bertz CT molecular complexity index is 730. The summed E-state index contributed by atoms with van der Waals surface area (Å²) in [5.74, 6) is 0.456. The third kappa shape index (κ3) is 2.95. The minimum atomic E-state index is -0.902. The molecule has 25 heavy (non-hydrogen) atoms. The first-order valence-corrected chi connectivity index (χ1v) is 8.95. The minimum absolute atomic E-state index is 0.0583. The van der Waals surface area contributed by atoms with Crippen LogP contribution in [0.15, 0.2) is 36.9 Å². The van der Waals surface area contributed by atoms with E-state index in [1.54, 1.807) is 17.1 Å². The highest BCUT2D eigenvalue weighted by Crippen LogP contribution is 2.62. The number of carboxylic acid groups (broad SMARTS) is 1. The molecule has 3 rings (SSSR count). The maximum absolute atomic E-state index is 12.2.